The van der Waals surface area contributed by atoms with Crippen LogP contribution in [0, 0.1) is 0 Å². The van der Waals surface area contributed by atoms with Gasteiger partial charge >= 0.3 is 0 Å². The average molecular weight is 327 g/mol. The predicted molar refractivity (Wildman–Crippen MR) is 101 cm³/mol. The van der Waals surface area contributed by atoms with E-state index < -0.39 is 0 Å². The summed E-state index contributed by atoms with van der Waals surface area (Å²) in [5.74, 6) is 0. The lowest BCUT2D eigenvalue weighted by molar-refractivity contribution is 0.0373. The maximum Gasteiger partial charge on any atom is 0.0594 e. The molecule has 1 saturated heterocycles. The van der Waals surface area contributed by atoms with Crippen LogP contribution in [0.5, 0.6) is 0 Å². The van der Waals surface area contributed by atoms with Crippen molar-refractivity contribution < 1.29 is 4.74 Å². The van der Waals surface area contributed by atoms with Gasteiger partial charge in [0.05, 0.1) is 13.2 Å². The van der Waals surface area contributed by atoms with Crippen molar-refractivity contribution in [2.24, 2.45) is 0 Å². The summed E-state index contributed by atoms with van der Waals surface area (Å²) in [5, 5.41) is 3.85. The second-order valence-corrected chi connectivity index (χ2v) is 7.16. The number of unbranched alkanes of at least 4 members (excludes halogenated alkanes) is 6. The molecule has 1 heterocycles. The second-order valence-electron chi connectivity index (χ2n) is 7.16. The molecular formula is C20H42N2O. The van der Waals surface area contributed by atoms with E-state index in [0.717, 1.165) is 32.3 Å². The summed E-state index contributed by atoms with van der Waals surface area (Å²) in [6, 6.07) is 0.757. The van der Waals surface area contributed by atoms with Gasteiger partial charge < -0.3 is 10.1 Å². The molecule has 1 aliphatic heterocycles. The van der Waals surface area contributed by atoms with Crippen molar-refractivity contribution in [2.75, 3.05) is 39.4 Å². The van der Waals surface area contributed by atoms with Crippen molar-refractivity contribution in [1.82, 2.24) is 10.2 Å². The Morgan fingerprint density at radius 3 is 2.13 bits per heavy atom. The van der Waals surface area contributed by atoms with E-state index in [1.165, 1.54) is 83.7 Å². The Hall–Kier alpha value is -0.120. The number of morpholine rings is 1. The van der Waals surface area contributed by atoms with Crippen LogP contribution in [0.1, 0.15) is 84.5 Å². The molecule has 3 nitrogen and oxygen atoms in total. The minimum absolute atomic E-state index is 0.757. The van der Waals surface area contributed by atoms with E-state index in [1.807, 2.05) is 0 Å². The third-order valence-corrected chi connectivity index (χ3v) is 5.00. The van der Waals surface area contributed by atoms with Crippen LogP contribution in [0.2, 0.25) is 0 Å². The van der Waals surface area contributed by atoms with Crippen molar-refractivity contribution in [2.45, 2.75) is 90.5 Å². The number of nitrogens with one attached hydrogen (secondary N) is 1. The van der Waals surface area contributed by atoms with E-state index in [2.05, 4.69) is 24.1 Å². The molecular weight excluding hydrogens is 284 g/mol. The van der Waals surface area contributed by atoms with E-state index in [9.17, 15) is 0 Å². The van der Waals surface area contributed by atoms with Crippen molar-refractivity contribution in [1.29, 1.82) is 0 Å². The number of nitrogens with zero attached hydrogens (tertiary/aromatic N) is 1. The summed E-state index contributed by atoms with van der Waals surface area (Å²) >= 11 is 0. The topological polar surface area (TPSA) is 24.5 Å². The zero-order valence-electron chi connectivity index (χ0n) is 16.0. The summed E-state index contributed by atoms with van der Waals surface area (Å²) in [6.45, 7) is 11.1. The van der Waals surface area contributed by atoms with Crippen molar-refractivity contribution in [3.8, 4) is 0 Å². The van der Waals surface area contributed by atoms with Crippen LogP contribution < -0.4 is 5.32 Å². The fourth-order valence-electron chi connectivity index (χ4n) is 3.42. The molecule has 0 aromatic rings. The van der Waals surface area contributed by atoms with Gasteiger partial charge in [0.1, 0.15) is 0 Å². The molecule has 1 N–H and O–H groups in total. The Labute approximate surface area is 145 Å². The van der Waals surface area contributed by atoms with Crippen molar-refractivity contribution in [3.63, 3.8) is 0 Å². The van der Waals surface area contributed by atoms with Gasteiger partial charge in [0.25, 0.3) is 0 Å². The van der Waals surface area contributed by atoms with Gasteiger partial charge in [-0.15, -0.1) is 0 Å². The molecule has 0 bridgehead atoms. The van der Waals surface area contributed by atoms with Gasteiger partial charge in [-0.2, -0.15) is 0 Å². The molecule has 1 atom stereocenters. The molecule has 3 heteroatoms. The molecule has 1 fully saturated rings. The summed E-state index contributed by atoms with van der Waals surface area (Å²) in [5.41, 5.74) is 0. The molecule has 23 heavy (non-hydrogen) atoms. The van der Waals surface area contributed by atoms with Crippen LogP contribution >= 0.6 is 0 Å². The molecule has 138 valence electrons. The third-order valence-electron chi connectivity index (χ3n) is 5.00. The highest BCUT2D eigenvalue weighted by molar-refractivity contribution is 4.69. The Morgan fingerprint density at radius 2 is 1.43 bits per heavy atom. The highest BCUT2D eigenvalue weighted by atomic mass is 16.5. The van der Waals surface area contributed by atoms with Crippen LogP contribution in [-0.2, 0) is 4.74 Å². The quantitative estimate of drug-likeness (QED) is 0.445. The molecule has 1 unspecified atom stereocenters. The smallest absolute Gasteiger partial charge is 0.0594 e. The maximum absolute atomic E-state index is 5.41. The summed E-state index contributed by atoms with van der Waals surface area (Å²) in [7, 11) is 0. The lowest BCUT2D eigenvalue weighted by Crippen LogP contribution is -2.38. The summed E-state index contributed by atoms with van der Waals surface area (Å²) in [6.07, 6.45) is 15.2. The fraction of sp³-hybridized carbons (Fsp3) is 1.00. The Balaban J connectivity index is 2.08. The molecule has 1 rings (SSSR count). The highest BCUT2D eigenvalue weighted by Gasteiger charge is 2.11. The molecule has 0 spiro atoms. The standard InChI is InChI=1S/C20H42N2O/c1-3-5-7-8-10-13-20(12-9-6-4-2)21-14-11-15-22-16-18-23-19-17-22/h20-21H,3-19H2,1-2H3. The second kappa shape index (κ2) is 15.4. The van der Waals surface area contributed by atoms with Gasteiger partial charge in [-0.3, -0.25) is 4.90 Å². The highest BCUT2D eigenvalue weighted by Crippen LogP contribution is 2.12. The van der Waals surface area contributed by atoms with E-state index in [1.54, 1.807) is 0 Å². The average Bonchev–Trinajstić information content (AvgIpc) is 2.59. The maximum atomic E-state index is 5.41. The van der Waals surface area contributed by atoms with Gasteiger partial charge in [-0.1, -0.05) is 65.2 Å². The first-order chi connectivity index (χ1) is 11.4. The van der Waals surface area contributed by atoms with Crippen molar-refractivity contribution in [3.05, 3.63) is 0 Å². The van der Waals surface area contributed by atoms with Gasteiger partial charge in [0.2, 0.25) is 0 Å². The molecule has 0 aromatic heterocycles. The lowest BCUT2D eigenvalue weighted by Gasteiger charge is -2.27. The summed E-state index contributed by atoms with van der Waals surface area (Å²) in [4.78, 5) is 2.54. The normalized spacial score (nSPS) is 17.5. The summed E-state index contributed by atoms with van der Waals surface area (Å²) < 4.78 is 5.41. The minimum Gasteiger partial charge on any atom is -0.379 e. The SMILES string of the molecule is CCCCCCCC(CCCCC)NCCCN1CCOCC1. The van der Waals surface area contributed by atoms with E-state index in [-0.39, 0.29) is 0 Å². The largest absolute Gasteiger partial charge is 0.379 e. The number of hydrogen-bond donors (Lipinski definition) is 1. The fourth-order valence-corrected chi connectivity index (χ4v) is 3.42. The molecule has 0 aromatic carbocycles. The lowest BCUT2D eigenvalue weighted by atomic mass is 10.0. The Morgan fingerprint density at radius 1 is 0.826 bits per heavy atom. The first-order valence-corrected chi connectivity index (χ1v) is 10.4. The number of hydrogen-bond acceptors (Lipinski definition) is 3. The molecule has 0 saturated carbocycles. The molecule has 1 aliphatic rings. The van der Waals surface area contributed by atoms with Crippen LogP contribution in [0.3, 0.4) is 0 Å². The molecule has 0 aliphatic carbocycles. The number of ether oxygens (including phenoxy) is 1. The minimum atomic E-state index is 0.757. The van der Waals surface area contributed by atoms with Gasteiger partial charge in [-0.25, -0.2) is 0 Å². The molecule has 0 radical (unpaired) electrons. The van der Waals surface area contributed by atoms with Gasteiger partial charge in [0.15, 0.2) is 0 Å². The zero-order valence-corrected chi connectivity index (χ0v) is 16.0. The number of rotatable bonds is 15. The van der Waals surface area contributed by atoms with Crippen LogP contribution in [0.25, 0.3) is 0 Å². The van der Waals surface area contributed by atoms with Gasteiger partial charge in [-0.05, 0) is 32.4 Å². The third kappa shape index (κ3) is 12.0. The van der Waals surface area contributed by atoms with Crippen molar-refractivity contribution >= 4 is 0 Å². The van der Waals surface area contributed by atoms with E-state index >= 15 is 0 Å². The van der Waals surface area contributed by atoms with Crippen LogP contribution in [0.15, 0.2) is 0 Å². The zero-order chi connectivity index (χ0) is 16.6. The first kappa shape index (κ1) is 20.9. The first-order valence-electron chi connectivity index (χ1n) is 10.4. The predicted octanol–water partition coefficient (Wildman–Crippen LogP) is 4.61. The van der Waals surface area contributed by atoms with Crippen LogP contribution in [-0.4, -0.2) is 50.3 Å². The van der Waals surface area contributed by atoms with E-state index in [4.69, 9.17) is 4.74 Å². The Bertz CT molecular complexity index is 242. The van der Waals surface area contributed by atoms with Crippen LogP contribution in [0.4, 0.5) is 0 Å². The monoisotopic (exact) mass is 326 g/mol. The van der Waals surface area contributed by atoms with Gasteiger partial charge in [0, 0.05) is 19.1 Å². The molecule has 0 amide bonds. The van der Waals surface area contributed by atoms with E-state index in [0.29, 0.717) is 0 Å². The Kier molecular flexibility index (Phi) is 14.0.